The molecule has 0 aromatic carbocycles. The van der Waals surface area contributed by atoms with Crippen molar-refractivity contribution in [2.24, 2.45) is 0 Å². The number of rotatable bonds is 8. The monoisotopic (exact) mass is 459 g/mol. The molecule has 11 nitrogen and oxygen atoms in total. The molecule has 11 heteroatoms. The molecule has 4 rings (SSSR count). The number of carbonyl (C=O) groups is 1. The van der Waals surface area contributed by atoms with Gasteiger partial charge in [-0.1, -0.05) is 0 Å². The number of aromatic nitrogens is 3. The summed E-state index contributed by atoms with van der Waals surface area (Å²) in [7, 11) is 1.56. The number of hydrazine groups is 1. The number of hydrogen-bond acceptors (Lipinski definition) is 9. The molecule has 4 N–H and O–H groups in total. The van der Waals surface area contributed by atoms with Crippen LogP contribution in [0.3, 0.4) is 0 Å². The predicted molar refractivity (Wildman–Crippen MR) is 124 cm³/mol. The second kappa shape index (κ2) is 10.7. The first-order chi connectivity index (χ1) is 16.6. The topological polar surface area (TPSA) is 152 Å². The molecule has 3 heterocycles. The number of fused-ring (bicyclic) bond motifs is 1. The Morgan fingerprint density at radius 3 is 2.71 bits per heavy atom. The van der Waals surface area contributed by atoms with Crippen LogP contribution in [0.2, 0.25) is 0 Å². The van der Waals surface area contributed by atoms with E-state index in [9.17, 15) is 4.79 Å². The molecule has 3 aromatic heterocycles. The zero-order chi connectivity index (χ0) is 23.9. The van der Waals surface area contributed by atoms with Crippen molar-refractivity contribution in [1.82, 2.24) is 30.9 Å². The van der Waals surface area contributed by atoms with Crippen molar-refractivity contribution in [1.29, 1.82) is 10.5 Å². The van der Waals surface area contributed by atoms with Gasteiger partial charge in [-0.25, -0.2) is 9.94 Å². The van der Waals surface area contributed by atoms with Gasteiger partial charge in [-0.3, -0.25) is 14.6 Å². The predicted octanol–water partition coefficient (Wildman–Crippen LogP) is 1.90. The van der Waals surface area contributed by atoms with Gasteiger partial charge in [0.1, 0.15) is 12.6 Å². The zero-order valence-corrected chi connectivity index (χ0v) is 18.7. The summed E-state index contributed by atoms with van der Waals surface area (Å²) < 4.78 is 1.71. The van der Waals surface area contributed by atoms with Crippen molar-refractivity contribution in [3.05, 3.63) is 47.8 Å². The SMILES string of the molecule is CONNC1CCC(Nc2cc(-c3ccc4cc(C#N)cnn34)ncc2C(=O)NCC#N)CC1. The highest BCUT2D eigenvalue weighted by atomic mass is 16.7. The summed E-state index contributed by atoms with van der Waals surface area (Å²) in [6.45, 7) is -0.0855. The first-order valence-electron chi connectivity index (χ1n) is 11.0. The van der Waals surface area contributed by atoms with Crippen LogP contribution < -0.4 is 21.6 Å². The van der Waals surface area contributed by atoms with Crippen LogP contribution in [0.25, 0.3) is 16.9 Å². The number of nitrogens with zero attached hydrogens (tertiary/aromatic N) is 5. The number of anilines is 1. The van der Waals surface area contributed by atoms with Crippen molar-refractivity contribution >= 4 is 17.1 Å². The minimum atomic E-state index is -0.362. The Balaban J connectivity index is 1.61. The van der Waals surface area contributed by atoms with E-state index in [0.29, 0.717) is 28.6 Å². The Morgan fingerprint density at radius 1 is 1.18 bits per heavy atom. The molecule has 0 bridgehead atoms. The van der Waals surface area contributed by atoms with Crippen molar-refractivity contribution < 1.29 is 9.63 Å². The standard InChI is InChI=1S/C23H25N9O2/c1-34-31-30-17-4-2-16(3-5-17)29-20-11-21(27-14-19(20)23(33)26-9-8-24)22-7-6-18-10-15(12-25)13-28-32(18)22/h6-7,10-11,13-14,16-17,30-31H,2-5,9H2,1H3,(H,26,33)(H,27,29). The Bertz CT molecular complexity index is 1250. The van der Waals surface area contributed by atoms with Gasteiger partial charge in [-0.05, 0) is 49.9 Å². The van der Waals surface area contributed by atoms with Crippen LogP contribution in [0, 0.1) is 22.7 Å². The quantitative estimate of drug-likeness (QED) is 0.292. The van der Waals surface area contributed by atoms with Crippen LogP contribution in [0.5, 0.6) is 0 Å². The van der Waals surface area contributed by atoms with Crippen LogP contribution in [0.15, 0.2) is 36.7 Å². The summed E-state index contributed by atoms with van der Waals surface area (Å²) >= 11 is 0. The maximum absolute atomic E-state index is 12.7. The van der Waals surface area contributed by atoms with E-state index in [0.717, 1.165) is 36.9 Å². The van der Waals surface area contributed by atoms with Crippen molar-refractivity contribution in [2.45, 2.75) is 37.8 Å². The van der Waals surface area contributed by atoms with Gasteiger partial charge in [0, 0.05) is 18.3 Å². The van der Waals surface area contributed by atoms with E-state index < -0.39 is 0 Å². The molecule has 1 aliphatic rings. The molecule has 174 valence electrons. The smallest absolute Gasteiger partial charge is 0.255 e. The van der Waals surface area contributed by atoms with Crippen LogP contribution in [0.1, 0.15) is 41.6 Å². The van der Waals surface area contributed by atoms with Gasteiger partial charge in [0.15, 0.2) is 0 Å². The van der Waals surface area contributed by atoms with Crippen LogP contribution in [0.4, 0.5) is 5.69 Å². The summed E-state index contributed by atoms with van der Waals surface area (Å²) in [5, 5.41) is 28.4. The van der Waals surface area contributed by atoms with E-state index in [4.69, 9.17) is 15.4 Å². The molecule has 3 aromatic rings. The molecular formula is C23H25N9O2. The Morgan fingerprint density at radius 2 is 1.97 bits per heavy atom. The molecular weight excluding hydrogens is 434 g/mol. The van der Waals surface area contributed by atoms with E-state index in [1.54, 1.807) is 17.7 Å². The van der Waals surface area contributed by atoms with E-state index in [2.05, 4.69) is 37.8 Å². The second-order valence-corrected chi connectivity index (χ2v) is 8.01. The Hall–Kier alpha value is -4.03. The van der Waals surface area contributed by atoms with Crippen molar-refractivity contribution in [3.8, 4) is 23.5 Å². The van der Waals surface area contributed by atoms with E-state index in [-0.39, 0.29) is 18.5 Å². The lowest BCUT2D eigenvalue weighted by molar-refractivity contribution is 0.0388. The van der Waals surface area contributed by atoms with Crippen LogP contribution in [-0.2, 0) is 4.84 Å². The Kier molecular flexibility index (Phi) is 7.30. The normalized spacial score (nSPS) is 17.6. The maximum Gasteiger partial charge on any atom is 0.255 e. The van der Waals surface area contributed by atoms with Gasteiger partial charge < -0.3 is 10.6 Å². The molecule has 1 saturated carbocycles. The highest BCUT2D eigenvalue weighted by molar-refractivity contribution is 6.00. The summed E-state index contributed by atoms with van der Waals surface area (Å²) in [6.07, 6.45) is 6.72. The molecule has 0 saturated heterocycles. The number of carbonyl (C=O) groups excluding carboxylic acids is 1. The lowest BCUT2D eigenvalue weighted by Gasteiger charge is -2.30. The molecule has 1 amide bonds. The van der Waals surface area contributed by atoms with Gasteiger partial charge in [0.2, 0.25) is 0 Å². The third-order valence-electron chi connectivity index (χ3n) is 5.82. The summed E-state index contributed by atoms with van der Waals surface area (Å²) in [4.78, 5) is 22.1. The fourth-order valence-corrected chi connectivity index (χ4v) is 4.11. The highest BCUT2D eigenvalue weighted by Gasteiger charge is 2.23. The van der Waals surface area contributed by atoms with Gasteiger partial charge in [-0.2, -0.15) is 15.6 Å². The van der Waals surface area contributed by atoms with Crippen LogP contribution in [-0.4, -0.2) is 46.2 Å². The molecule has 0 radical (unpaired) electrons. The van der Waals surface area contributed by atoms with Gasteiger partial charge in [0.25, 0.3) is 5.91 Å². The zero-order valence-electron chi connectivity index (χ0n) is 18.7. The average molecular weight is 460 g/mol. The minimum absolute atomic E-state index is 0.0855. The molecule has 0 atom stereocenters. The third kappa shape index (κ3) is 5.13. The summed E-state index contributed by atoms with van der Waals surface area (Å²) in [5.74, 6) is -0.362. The van der Waals surface area contributed by atoms with Crippen LogP contribution >= 0.6 is 0 Å². The number of pyridine rings is 1. The highest BCUT2D eigenvalue weighted by Crippen LogP contribution is 2.28. The average Bonchev–Trinajstić information content (AvgIpc) is 3.30. The molecule has 1 aliphatic carbocycles. The van der Waals surface area contributed by atoms with Gasteiger partial charge >= 0.3 is 0 Å². The summed E-state index contributed by atoms with van der Waals surface area (Å²) in [6, 6.07) is 11.8. The number of hydrogen-bond donors (Lipinski definition) is 4. The molecule has 0 aliphatic heterocycles. The fourth-order valence-electron chi connectivity index (χ4n) is 4.11. The maximum atomic E-state index is 12.7. The second-order valence-electron chi connectivity index (χ2n) is 8.01. The summed E-state index contributed by atoms with van der Waals surface area (Å²) in [5.41, 5.74) is 9.46. The van der Waals surface area contributed by atoms with Crippen molar-refractivity contribution in [2.75, 3.05) is 19.0 Å². The van der Waals surface area contributed by atoms with E-state index in [1.807, 2.05) is 24.3 Å². The van der Waals surface area contributed by atoms with Gasteiger partial charge in [0.05, 0.1) is 53.1 Å². The number of nitrogens with one attached hydrogen (secondary N) is 4. The minimum Gasteiger partial charge on any atom is -0.382 e. The van der Waals surface area contributed by atoms with Crippen molar-refractivity contribution in [3.63, 3.8) is 0 Å². The van der Waals surface area contributed by atoms with Gasteiger partial charge in [-0.15, -0.1) is 5.59 Å². The lowest BCUT2D eigenvalue weighted by atomic mass is 9.91. The molecule has 0 unspecified atom stereocenters. The fraction of sp³-hybridized carbons (Fsp3) is 0.348. The van der Waals surface area contributed by atoms with E-state index >= 15 is 0 Å². The third-order valence-corrected chi connectivity index (χ3v) is 5.82. The first kappa shape index (κ1) is 23.1. The largest absolute Gasteiger partial charge is 0.382 e. The number of amides is 1. The number of nitriles is 2. The molecule has 34 heavy (non-hydrogen) atoms. The Labute approximate surface area is 196 Å². The molecule has 0 spiro atoms. The molecule has 1 fully saturated rings. The van der Waals surface area contributed by atoms with E-state index in [1.165, 1.54) is 12.4 Å². The lowest BCUT2D eigenvalue weighted by Crippen LogP contribution is -2.43. The first-order valence-corrected chi connectivity index (χ1v) is 11.0.